The van der Waals surface area contributed by atoms with Crippen LogP contribution in [0.15, 0.2) is 24.3 Å². The number of nitrogens with zero attached hydrogens (tertiary/aromatic N) is 1. The molecule has 1 aromatic carbocycles. The Kier molecular flexibility index (Phi) is 2.88. The maximum Gasteiger partial charge on any atom is 0.141 e. The molecule has 0 aliphatic carbocycles. The predicted octanol–water partition coefficient (Wildman–Crippen LogP) is 1.80. The molecule has 1 spiro atoms. The van der Waals surface area contributed by atoms with E-state index in [1.54, 1.807) is 0 Å². The summed E-state index contributed by atoms with van der Waals surface area (Å²) in [6.45, 7) is 5.81. The van der Waals surface area contributed by atoms with Crippen molar-refractivity contribution in [3.63, 3.8) is 0 Å². The third-order valence-electron chi connectivity index (χ3n) is 3.90. The van der Waals surface area contributed by atoms with Crippen molar-refractivity contribution in [2.75, 3.05) is 26.2 Å². The summed E-state index contributed by atoms with van der Waals surface area (Å²) >= 11 is 0. The van der Waals surface area contributed by atoms with E-state index in [-0.39, 0.29) is 5.60 Å². The van der Waals surface area contributed by atoms with Crippen molar-refractivity contribution in [2.24, 2.45) is 5.73 Å². The average Bonchev–Trinajstić information content (AvgIpc) is 2.74. The van der Waals surface area contributed by atoms with Crippen LogP contribution in [-0.4, -0.2) is 36.7 Å². The van der Waals surface area contributed by atoms with Crippen LogP contribution in [0.2, 0.25) is 0 Å². The van der Waals surface area contributed by atoms with Gasteiger partial charge in [-0.1, -0.05) is 24.3 Å². The Labute approximate surface area is 108 Å². The molecule has 1 atom stereocenters. The summed E-state index contributed by atoms with van der Waals surface area (Å²) in [6, 6.07) is 6.30. The van der Waals surface area contributed by atoms with Crippen molar-refractivity contribution in [1.82, 2.24) is 4.90 Å². The van der Waals surface area contributed by atoms with Crippen LogP contribution < -0.4 is 10.5 Å². The van der Waals surface area contributed by atoms with Crippen LogP contribution in [0.25, 0.3) is 6.08 Å². The number of nitrogens with two attached hydrogens (primary N) is 1. The molecule has 0 saturated carbocycles. The third kappa shape index (κ3) is 1.93. The molecule has 0 bridgehead atoms. The van der Waals surface area contributed by atoms with Crippen LogP contribution in [0.5, 0.6) is 5.75 Å². The molecule has 2 aliphatic heterocycles. The van der Waals surface area contributed by atoms with Crippen LogP contribution in [0, 0.1) is 6.92 Å². The molecule has 2 N–H and O–H groups in total. The van der Waals surface area contributed by atoms with E-state index in [1.807, 2.05) is 0 Å². The zero-order valence-corrected chi connectivity index (χ0v) is 10.9. The number of fused-ring (bicyclic) bond motifs is 1. The molecular weight excluding hydrogens is 224 g/mol. The minimum absolute atomic E-state index is 0.131. The van der Waals surface area contributed by atoms with E-state index in [9.17, 15) is 0 Å². The van der Waals surface area contributed by atoms with Gasteiger partial charge >= 0.3 is 0 Å². The van der Waals surface area contributed by atoms with E-state index in [2.05, 4.69) is 42.2 Å². The number of hydrogen-bond acceptors (Lipinski definition) is 3. The molecule has 0 aromatic heterocycles. The molecule has 1 aromatic rings. The van der Waals surface area contributed by atoms with Gasteiger partial charge in [-0.25, -0.2) is 0 Å². The fourth-order valence-corrected chi connectivity index (χ4v) is 2.90. The van der Waals surface area contributed by atoms with Crippen LogP contribution in [0.4, 0.5) is 0 Å². The highest BCUT2D eigenvalue weighted by atomic mass is 16.5. The molecule has 0 radical (unpaired) electrons. The quantitative estimate of drug-likeness (QED) is 0.862. The number of rotatable bonds is 2. The summed E-state index contributed by atoms with van der Waals surface area (Å²) in [7, 11) is 0. The fraction of sp³-hybridized carbons (Fsp3) is 0.467. The zero-order valence-electron chi connectivity index (χ0n) is 10.9. The summed E-state index contributed by atoms with van der Waals surface area (Å²) < 4.78 is 6.32. The second-order valence-corrected chi connectivity index (χ2v) is 5.31. The van der Waals surface area contributed by atoms with Gasteiger partial charge in [-0.3, -0.25) is 4.90 Å². The van der Waals surface area contributed by atoms with Gasteiger partial charge in [0.2, 0.25) is 0 Å². The predicted molar refractivity (Wildman–Crippen MR) is 73.7 cm³/mol. The Morgan fingerprint density at radius 2 is 2.33 bits per heavy atom. The van der Waals surface area contributed by atoms with Gasteiger partial charge in [-0.2, -0.15) is 0 Å². The van der Waals surface area contributed by atoms with Crippen LogP contribution in [0.1, 0.15) is 17.5 Å². The summed E-state index contributed by atoms with van der Waals surface area (Å²) in [6.07, 6.45) is 5.49. The van der Waals surface area contributed by atoms with E-state index in [4.69, 9.17) is 10.5 Å². The van der Waals surface area contributed by atoms with Gasteiger partial charge in [0.1, 0.15) is 11.4 Å². The summed E-state index contributed by atoms with van der Waals surface area (Å²) in [4.78, 5) is 2.38. The van der Waals surface area contributed by atoms with Crippen molar-refractivity contribution in [2.45, 2.75) is 18.9 Å². The lowest BCUT2D eigenvalue weighted by atomic mass is 9.96. The Morgan fingerprint density at radius 3 is 3.17 bits per heavy atom. The van der Waals surface area contributed by atoms with Gasteiger partial charge in [0.15, 0.2) is 0 Å². The number of ether oxygens (including phenoxy) is 1. The number of aryl methyl sites for hydroxylation is 1. The summed E-state index contributed by atoms with van der Waals surface area (Å²) in [5, 5.41) is 0. The molecule has 18 heavy (non-hydrogen) atoms. The second kappa shape index (κ2) is 4.41. The lowest BCUT2D eigenvalue weighted by Gasteiger charge is -2.32. The molecule has 0 amide bonds. The SMILES string of the molecule is Cc1cccc2c1OC1(C=C2)CCN(CCN)C1. The molecule has 1 saturated heterocycles. The highest BCUT2D eigenvalue weighted by Crippen LogP contribution is 2.38. The number of benzene rings is 1. The molecule has 2 aliphatic rings. The fourth-order valence-electron chi connectivity index (χ4n) is 2.90. The van der Waals surface area contributed by atoms with E-state index < -0.39 is 0 Å². The molecule has 1 fully saturated rings. The smallest absolute Gasteiger partial charge is 0.141 e. The first-order valence-electron chi connectivity index (χ1n) is 6.63. The van der Waals surface area contributed by atoms with Crippen molar-refractivity contribution in [3.8, 4) is 5.75 Å². The Hall–Kier alpha value is -1.32. The summed E-state index contributed by atoms with van der Waals surface area (Å²) in [5.74, 6) is 1.05. The standard InChI is InChI=1S/C15H20N2O/c1-12-3-2-4-13-5-6-15(18-14(12)13)7-9-17(11-15)10-8-16/h2-6H,7-11,16H2,1H3. The van der Waals surface area contributed by atoms with Gasteiger partial charge < -0.3 is 10.5 Å². The van der Waals surface area contributed by atoms with Gasteiger partial charge in [-0.05, 0) is 18.6 Å². The van der Waals surface area contributed by atoms with Gasteiger partial charge in [0, 0.05) is 38.2 Å². The Balaban J connectivity index is 1.85. The Bertz CT molecular complexity index is 483. The number of para-hydroxylation sites is 1. The largest absolute Gasteiger partial charge is 0.481 e. The van der Waals surface area contributed by atoms with E-state index in [1.165, 1.54) is 11.1 Å². The first-order chi connectivity index (χ1) is 8.72. The molecule has 3 heteroatoms. The minimum Gasteiger partial charge on any atom is -0.481 e. The lowest BCUT2D eigenvalue weighted by Crippen LogP contribution is -2.40. The van der Waals surface area contributed by atoms with Crippen molar-refractivity contribution in [1.29, 1.82) is 0 Å². The molecule has 96 valence electrons. The number of hydrogen-bond donors (Lipinski definition) is 1. The highest BCUT2D eigenvalue weighted by molar-refractivity contribution is 5.63. The maximum atomic E-state index is 6.32. The highest BCUT2D eigenvalue weighted by Gasteiger charge is 2.39. The molecule has 3 nitrogen and oxygen atoms in total. The van der Waals surface area contributed by atoms with Gasteiger partial charge in [-0.15, -0.1) is 0 Å². The normalized spacial score (nSPS) is 26.3. The summed E-state index contributed by atoms with van der Waals surface area (Å²) in [5.41, 5.74) is 7.90. The van der Waals surface area contributed by atoms with Crippen LogP contribution >= 0.6 is 0 Å². The average molecular weight is 244 g/mol. The molecule has 3 rings (SSSR count). The zero-order chi connectivity index (χ0) is 12.6. The van der Waals surface area contributed by atoms with E-state index >= 15 is 0 Å². The maximum absolute atomic E-state index is 6.32. The monoisotopic (exact) mass is 244 g/mol. The van der Waals surface area contributed by atoms with Crippen LogP contribution in [-0.2, 0) is 0 Å². The number of likely N-dealkylation sites (tertiary alicyclic amines) is 1. The topological polar surface area (TPSA) is 38.5 Å². The molecule has 1 unspecified atom stereocenters. The second-order valence-electron chi connectivity index (χ2n) is 5.31. The first-order valence-corrected chi connectivity index (χ1v) is 6.63. The van der Waals surface area contributed by atoms with Crippen molar-refractivity contribution in [3.05, 3.63) is 35.4 Å². The van der Waals surface area contributed by atoms with Crippen molar-refractivity contribution >= 4 is 6.08 Å². The van der Waals surface area contributed by atoms with Crippen LogP contribution in [0.3, 0.4) is 0 Å². The third-order valence-corrected chi connectivity index (χ3v) is 3.90. The van der Waals surface area contributed by atoms with E-state index in [0.29, 0.717) is 0 Å². The van der Waals surface area contributed by atoms with Gasteiger partial charge in [0.05, 0.1) is 0 Å². The van der Waals surface area contributed by atoms with E-state index in [0.717, 1.165) is 38.3 Å². The lowest BCUT2D eigenvalue weighted by molar-refractivity contribution is 0.122. The van der Waals surface area contributed by atoms with Crippen molar-refractivity contribution < 1.29 is 4.74 Å². The minimum atomic E-state index is -0.131. The molecule has 2 heterocycles. The Morgan fingerprint density at radius 1 is 1.44 bits per heavy atom. The molecular formula is C15H20N2O. The first kappa shape index (κ1) is 11.8. The van der Waals surface area contributed by atoms with Gasteiger partial charge in [0.25, 0.3) is 0 Å².